The summed E-state index contributed by atoms with van der Waals surface area (Å²) in [6, 6.07) is 6.16. The van der Waals surface area contributed by atoms with Crippen LogP contribution in [0.5, 0.6) is 0 Å². The van der Waals surface area contributed by atoms with Crippen LogP contribution in [0, 0.1) is 5.92 Å². The van der Waals surface area contributed by atoms with Gasteiger partial charge >= 0.3 is 7.12 Å². The Morgan fingerprint density at radius 3 is 2.06 bits per heavy atom. The van der Waals surface area contributed by atoms with Crippen LogP contribution in [0.15, 0.2) is 30.3 Å². The van der Waals surface area contributed by atoms with Gasteiger partial charge in [-0.15, -0.1) is 0 Å². The average molecular weight is 463 g/mol. The lowest BCUT2D eigenvalue weighted by Crippen LogP contribution is -2.58. The molecule has 0 radical (unpaired) electrons. The molecule has 12 heteroatoms. The number of carbonyl (C=O) groups excluding carboxylic acids is 4. The quantitative estimate of drug-likeness (QED) is 0.164. The van der Waals surface area contributed by atoms with E-state index in [1.165, 1.54) is 6.92 Å². The Bertz CT molecular complexity index is 808. The molecule has 0 saturated heterocycles. The van der Waals surface area contributed by atoms with Crippen LogP contribution in [-0.2, 0) is 25.6 Å². The molecular formula is C21H34BN5O6. The summed E-state index contributed by atoms with van der Waals surface area (Å²) in [5, 5.41) is 26.4. The first-order chi connectivity index (χ1) is 15.4. The largest absolute Gasteiger partial charge is 0.475 e. The maximum absolute atomic E-state index is 12.9. The fourth-order valence-electron chi connectivity index (χ4n) is 2.91. The molecule has 0 spiro atoms. The van der Waals surface area contributed by atoms with Gasteiger partial charge in [-0.25, -0.2) is 0 Å². The predicted octanol–water partition coefficient (Wildman–Crippen LogP) is -2.04. The van der Waals surface area contributed by atoms with Gasteiger partial charge in [0.25, 0.3) is 0 Å². The molecule has 0 aliphatic heterocycles. The highest BCUT2D eigenvalue weighted by Crippen LogP contribution is 2.06. The summed E-state index contributed by atoms with van der Waals surface area (Å²) in [6.07, 6.45) is -0.0715. The molecule has 0 unspecified atom stereocenters. The Balaban J connectivity index is 2.87. The van der Waals surface area contributed by atoms with Gasteiger partial charge in [0.1, 0.15) is 12.1 Å². The summed E-state index contributed by atoms with van der Waals surface area (Å²) in [7, 11) is -1.92. The topological polar surface area (TPSA) is 197 Å². The van der Waals surface area contributed by atoms with Gasteiger partial charge in [-0.1, -0.05) is 44.2 Å². The lowest BCUT2D eigenvalue weighted by atomic mass is 9.76. The van der Waals surface area contributed by atoms with Crippen molar-refractivity contribution in [1.29, 1.82) is 0 Å². The van der Waals surface area contributed by atoms with Crippen molar-refractivity contribution in [3.63, 3.8) is 0 Å². The number of benzene rings is 1. The zero-order chi connectivity index (χ0) is 25.1. The molecule has 182 valence electrons. The molecule has 11 nitrogen and oxygen atoms in total. The molecule has 0 heterocycles. The summed E-state index contributed by atoms with van der Waals surface area (Å²) in [4.78, 5) is 48.8. The second-order valence-electron chi connectivity index (χ2n) is 8.28. The summed E-state index contributed by atoms with van der Waals surface area (Å²) < 4.78 is 0. The number of hydrogen-bond donors (Lipinski definition) is 7. The first kappa shape index (κ1) is 28.1. The molecule has 4 amide bonds. The van der Waals surface area contributed by atoms with E-state index in [9.17, 15) is 29.2 Å². The molecule has 0 aliphatic carbocycles. The molecule has 9 N–H and O–H groups in total. The lowest BCUT2D eigenvalue weighted by Gasteiger charge is -2.25. The summed E-state index contributed by atoms with van der Waals surface area (Å²) in [6.45, 7) is 4.98. The minimum Gasteiger partial charge on any atom is -0.426 e. The van der Waals surface area contributed by atoms with E-state index in [1.54, 1.807) is 38.1 Å². The van der Waals surface area contributed by atoms with E-state index in [-0.39, 0.29) is 25.2 Å². The second kappa shape index (κ2) is 13.6. The van der Waals surface area contributed by atoms with Crippen molar-refractivity contribution in [1.82, 2.24) is 16.0 Å². The second-order valence-corrected chi connectivity index (χ2v) is 8.28. The van der Waals surface area contributed by atoms with Crippen LogP contribution >= 0.6 is 0 Å². The Morgan fingerprint density at radius 2 is 1.55 bits per heavy atom. The van der Waals surface area contributed by atoms with Crippen LogP contribution in [0.2, 0.25) is 0 Å². The number of rotatable bonds is 13. The first-order valence-electron chi connectivity index (χ1n) is 10.8. The fourth-order valence-corrected chi connectivity index (χ4v) is 2.91. The van der Waals surface area contributed by atoms with E-state index < -0.39 is 54.8 Å². The van der Waals surface area contributed by atoms with Crippen molar-refractivity contribution < 1.29 is 29.2 Å². The van der Waals surface area contributed by atoms with Crippen LogP contribution in [0.1, 0.15) is 39.2 Å². The first-order valence-corrected chi connectivity index (χ1v) is 10.8. The van der Waals surface area contributed by atoms with Crippen molar-refractivity contribution in [3.05, 3.63) is 35.9 Å². The van der Waals surface area contributed by atoms with Gasteiger partial charge in [0.15, 0.2) is 0 Å². The normalized spacial score (nSPS) is 14.5. The predicted molar refractivity (Wildman–Crippen MR) is 123 cm³/mol. The number of primary amides is 1. The van der Waals surface area contributed by atoms with E-state index in [0.29, 0.717) is 0 Å². The van der Waals surface area contributed by atoms with Crippen molar-refractivity contribution in [2.24, 2.45) is 17.4 Å². The molecule has 1 aromatic rings. The van der Waals surface area contributed by atoms with Crippen LogP contribution < -0.4 is 27.4 Å². The van der Waals surface area contributed by atoms with Crippen LogP contribution in [-0.4, -0.2) is 64.9 Å². The minimum atomic E-state index is -1.92. The van der Waals surface area contributed by atoms with Crippen molar-refractivity contribution in [2.45, 2.75) is 64.1 Å². The summed E-state index contributed by atoms with van der Waals surface area (Å²) >= 11 is 0. The minimum absolute atomic E-state index is 0.0841. The van der Waals surface area contributed by atoms with Gasteiger partial charge in [-0.3, -0.25) is 19.2 Å². The smallest absolute Gasteiger partial charge is 0.426 e. The van der Waals surface area contributed by atoms with Gasteiger partial charge in [-0.2, -0.15) is 0 Å². The highest BCUT2D eigenvalue weighted by molar-refractivity contribution is 6.43. The summed E-state index contributed by atoms with van der Waals surface area (Å²) in [5.74, 6) is -3.74. The molecule has 0 aromatic heterocycles. The third-order valence-corrected chi connectivity index (χ3v) is 5.08. The Kier molecular flexibility index (Phi) is 11.5. The van der Waals surface area contributed by atoms with Crippen LogP contribution in [0.25, 0.3) is 0 Å². The molecular weight excluding hydrogens is 429 g/mol. The zero-order valence-corrected chi connectivity index (χ0v) is 19.2. The SMILES string of the molecule is CC(C)[C@H](N)C(=O)N[C@@H](Cc1ccccc1)C(=O)N[C@@H](C)C(=O)N[C@@H](CCC(N)=O)B(O)O. The van der Waals surface area contributed by atoms with Gasteiger partial charge in [0, 0.05) is 12.8 Å². The average Bonchev–Trinajstić information content (AvgIpc) is 2.75. The van der Waals surface area contributed by atoms with E-state index in [0.717, 1.165) is 5.56 Å². The monoisotopic (exact) mass is 463 g/mol. The van der Waals surface area contributed by atoms with Gasteiger partial charge in [0.2, 0.25) is 23.6 Å². The van der Waals surface area contributed by atoms with Crippen molar-refractivity contribution in [2.75, 3.05) is 0 Å². The third-order valence-electron chi connectivity index (χ3n) is 5.08. The van der Waals surface area contributed by atoms with E-state index in [1.807, 2.05) is 6.07 Å². The van der Waals surface area contributed by atoms with Gasteiger partial charge in [0.05, 0.1) is 12.0 Å². The van der Waals surface area contributed by atoms with E-state index in [2.05, 4.69) is 16.0 Å². The molecule has 0 saturated carbocycles. The standard InChI is InChI=1S/C21H34BN5O6/c1-12(2)18(24)21(31)26-15(11-14-7-5-4-6-8-14)20(30)25-13(3)19(29)27-16(22(32)33)9-10-17(23)28/h4-8,12-13,15-16,18,32-33H,9-11,24H2,1-3H3,(H2,23,28)(H,25,30)(H,26,31)(H,27,29)/t13-,15-,16-,18-/m0/s1. The maximum Gasteiger partial charge on any atom is 0.475 e. The van der Waals surface area contributed by atoms with E-state index >= 15 is 0 Å². The van der Waals surface area contributed by atoms with Gasteiger partial charge in [-0.05, 0) is 24.8 Å². The fraction of sp³-hybridized carbons (Fsp3) is 0.524. The molecule has 1 rings (SSSR count). The Labute approximate surface area is 193 Å². The Morgan fingerprint density at radius 1 is 0.939 bits per heavy atom. The highest BCUT2D eigenvalue weighted by atomic mass is 16.4. The van der Waals surface area contributed by atoms with E-state index in [4.69, 9.17) is 11.5 Å². The number of nitrogens with one attached hydrogen (secondary N) is 3. The zero-order valence-electron chi connectivity index (χ0n) is 19.2. The summed E-state index contributed by atoms with van der Waals surface area (Å²) in [5.41, 5.74) is 11.7. The van der Waals surface area contributed by atoms with Crippen molar-refractivity contribution in [3.8, 4) is 0 Å². The molecule has 1 aromatic carbocycles. The number of hydrogen-bond acceptors (Lipinski definition) is 7. The molecule has 0 bridgehead atoms. The molecule has 0 aliphatic rings. The third kappa shape index (κ3) is 10.0. The Hall–Kier alpha value is -2.96. The van der Waals surface area contributed by atoms with Crippen LogP contribution in [0.3, 0.4) is 0 Å². The molecule has 4 atom stereocenters. The molecule has 33 heavy (non-hydrogen) atoms. The maximum atomic E-state index is 12.9. The number of amides is 4. The van der Waals surface area contributed by atoms with Crippen LogP contribution in [0.4, 0.5) is 0 Å². The lowest BCUT2D eigenvalue weighted by molar-refractivity contribution is -0.132. The molecule has 0 fully saturated rings. The van der Waals surface area contributed by atoms with Crippen molar-refractivity contribution >= 4 is 30.7 Å². The number of carbonyl (C=O) groups is 4. The highest BCUT2D eigenvalue weighted by Gasteiger charge is 2.30. The number of nitrogens with two attached hydrogens (primary N) is 2. The van der Waals surface area contributed by atoms with Gasteiger partial charge < -0.3 is 37.5 Å².